The van der Waals surface area contributed by atoms with Crippen LogP contribution in [0.4, 0.5) is 9.39 Å². The van der Waals surface area contributed by atoms with Crippen molar-refractivity contribution in [1.29, 1.82) is 5.26 Å². The fourth-order valence-electron chi connectivity index (χ4n) is 1.97. The molecule has 0 radical (unpaired) electrons. The second kappa shape index (κ2) is 7.75. The highest BCUT2D eigenvalue weighted by Crippen LogP contribution is 2.27. The highest BCUT2D eigenvalue weighted by molar-refractivity contribution is 7.14. The van der Waals surface area contributed by atoms with Crippen LogP contribution in [0.3, 0.4) is 0 Å². The van der Waals surface area contributed by atoms with E-state index in [0.29, 0.717) is 21.2 Å². The van der Waals surface area contributed by atoms with Crippen LogP contribution in [-0.2, 0) is 4.79 Å². The summed E-state index contributed by atoms with van der Waals surface area (Å²) < 4.78 is 13.5. The number of amides is 1. The number of thiophene rings is 1. The molecular weight excluding hydrogens is 360 g/mol. The second-order valence-electron chi connectivity index (χ2n) is 4.84. The molecule has 120 valence electrons. The van der Waals surface area contributed by atoms with Crippen LogP contribution >= 0.6 is 34.5 Å². The van der Waals surface area contributed by atoms with Gasteiger partial charge < -0.3 is 10.6 Å². The number of rotatable bonds is 5. The summed E-state index contributed by atoms with van der Waals surface area (Å²) >= 11 is 13.0. The molecule has 1 aromatic heterocycles. The molecule has 0 spiro atoms. The molecule has 2 rings (SSSR count). The number of nitrogens with one attached hydrogen (secondary N) is 1. The fourth-order valence-corrected chi connectivity index (χ4v) is 3.28. The third-order valence-corrected chi connectivity index (χ3v) is 4.67. The number of hydrogen-bond acceptors (Lipinski definition) is 3. The van der Waals surface area contributed by atoms with Gasteiger partial charge in [0.15, 0.2) is 6.54 Å². The summed E-state index contributed by atoms with van der Waals surface area (Å²) in [6.07, 6.45) is 0. The molecule has 0 saturated carbocycles. The lowest BCUT2D eigenvalue weighted by Crippen LogP contribution is -2.86. The van der Waals surface area contributed by atoms with Crippen molar-refractivity contribution in [2.24, 2.45) is 0 Å². The number of nitrogens with zero attached hydrogens (tertiary/aromatic N) is 1. The van der Waals surface area contributed by atoms with E-state index in [9.17, 15) is 9.18 Å². The van der Waals surface area contributed by atoms with E-state index >= 15 is 0 Å². The lowest BCUT2D eigenvalue weighted by molar-refractivity contribution is -0.682. The Morgan fingerprint density at radius 2 is 2.22 bits per heavy atom. The van der Waals surface area contributed by atoms with E-state index in [2.05, 4.69) is 5.32 Å². The summed E-state index contributed by atoms with van der Waals surface area (Å²) in [5, 5.41) is 15.9. The van der Waals surface area contributed by atoms with Gasteiger partial charge >= 0.3 is 0 Å². The predicted molar refractivity (Wildman–Crippen MR) is 89.3 cm³/mol. The number of halogens is 3. The van der Waals surface area contributed by atoms with Gasteiger partial charge in [0.1, 0.15) is 22.9 Å². The third-order valence-electron chi connectivity index (χ3n) is 3.23. The molecule has 8 heteroatoms. The number of benzene rings is 1. The van der Waals surface area contributed by atoms with Crippen LogP contribution in [0, 0.1) is 17.1 Å². The molecule has 0 aliphatic rings. The average Bonchev–Trinajstić information content (AvgIpc) is 2.95. The molecule has 0 unspecified atom stereocenters. The molecule has 3 N–H and O–H groups in total. The quantitative estimate of drug-likeness (QED) is 0.790. The van der Waals surface area contributed by atoms with Gasteiger partial charge in [-0.25, -0.2) is 4.39 Å². The van der Waals surface area contributed by atoms with Crippen LogP contribution in [0.5, 0.6) is 0 Å². The summed E-state index contributed by atoms with van der Waals surface area (Å²) in [5.41, 5.74) is 0.995. The van der Waals surface area contributed by atoms with Crippen molar-refractivity contribution in [1.82, 2.24) is 0 Å². The van der Waals surface area contributed by atoms with Gasteiger partial charge in [-0.2, -0.15) is 5.26 Å². The molecule has 2 aromatic rings. The highest BCUT2D eigenvalue weighted by atomic mass is 35.5. The maximum absolute atomic E-state index is 13.5. The summed E-state index contributed by atoms with van der Waals surface area (Å²) in [4.78, 5) is 11.9. The largest absolute Gasteiger partial charge is 0.332 e. The van der Waals surface area contributed by atoms with E-state index in [1.165, 1.54) is 23.5 Å². The lowest BCUT2D eigenvalue weighted by atomic mass is 10.1. The normalized spacial score (nSPS) is 11.8. The smallest absolute Gasteiger partial charge is 0.280 e. The van der Waals surface area contributed by atoms with Gasteiger partial charge in [-0.3, -0.25) is 4.79 Å². The van der Waals surface area contributed by atoms with Crippen molar-refractivity contribution in [3.8, 4) is 6.07 Å². The summed E-state index contributed by atoms with van der Waals surface area (Å²) in [5.74, 6) is -0.797. The molecule has 23 heavy (non-hydrogen) atoms. The van der Waals surface area contributed by atoms with Gasteiger partial charge in [-0.1, -0.05) is 23.2 Å². The SMILES string of the molecule is C[C@H]([NH2+]CC(=O)Nc1sccc1C#N)c1cc(F)c(Cl)cc1Cl. The first-order valence-corrected chi connectivity index (χ1v) is 8.31. The van der Waals surface area contributed by atoms with Crippen molar-refractivity contribution in [2.75, 3.05) is 11.9 Å². The van der Waals surface area contributed by atoms with Crippen LogP contribution in [0.25, 0.3) is 0 Å². The number of quaternary nitrogens is 1. The molecule has 0 saturated heterocycles. The first kappa shape index (κ1) is 17.7. The topological polar surface area (TPSA) is 69.5 Å². The van der Waals surface area contributed by atoms with Gasteiger partial charge in [0, 0.05) is 5.56 Å². The highest BCUT2D eigenvalue weighted by Gasteiger charge is 2.18. The molecule has 0 fully saturated rings. The summed E-state index contributed by atoms with van der Waals surface area (Å²) in [6, 6.07) is 6.05. The Labute approximate surface area is 146 Å². The molecule has 0 aliphatic heterocycles. The zero-order valence-electron chi connectivity index (χ0n) is 12.1. The molecule has 1 atom stereocenters. The zero-order chi connectivity index (χ0) is 17.0. The minimum atomic E-state index is -0.548. The molecule has 1 heterocycles. The van der Waals surface area contributed by atoms with E-state index < -0.39 is 5.82 Å². The Hall–Kier alpha value is -1.65. The van der Waals surface area contributed by atoms with Crippen molar-refractivity contribution < 1.29 is 14.5 Å². The van der Waals surface area contributed by atoms with Crippen LogP contribution in [0.15, 0.2) is 23.6 Å². The maximum atomic E-state index is 13.5. The van der Waals surface area contributed by atoms with E-state index in [4.69, 9.17) is 28.5 Å². The van der Waals surface area contributed by atoms with Crippen LogP contribution in [-0.4, -0.2) is 12.5 Å². The molecule has 1 amide bonds. The molecule has 1 aromatic carbocycles. The second-order valence-corrected chi connectivity index (χ2v) is 6.57. The van der Waals surface area contributed by atoms with E-state index in [0.717, 1.165) is 0 Å². The number of hydrogen-bond donors (Lipinski definition) is 2. The fraction of sp³-hybridized carbons (Fsp3) is 0.200. The molecule has 4 nitrogen and oxygen atoms in total. The Bertz CT molecular complexity index is 773. The van der Waals surface area contributed by atoms with Gasteiger partial charge in [-0.15, -0.1) is 11.3 Å². The minimum Gasteiger partial charge on any atom is -0.332 e. The average molecular weight is 373 g/mol. The van der Waals surface area contributed by atoms with Crippen molar-refractivity contribution in [3.63, 3.8) is 0 Å². The first-order chi connectivity index (χ1) is 10.9. The minimum absolute atomic E-state index is 0.0366. The van der Waals surface area contributed by atoms with Crippen LogP contribution in [0.2, 0.25) is 10.0 Å². The van der Waals surface area contributed by atoms with Crippen LogP contribution in [0.1, 0.15) is 24.1 Å². The van der Waals surface area contributed by atoms with Gasteiger partial charge in [-0.05, 0) is 30.5 Å². The van der Waals surface area contributed by atoms with Gasteiger partial charge in [0.2, 0.25) is 0 Å². The Morgan fingerprint density at radius 3 is 2.91 bits per heavy atom. The standard InChI is InChI=1S/C15H12Cl2FN3OS/c1-8(10-4-13(18)12(17)5-11(10)16)20-7-14(22)21-15-9(6-19)2-3-23-15/h2-5,8,20H,7H2,1H3,(H,21,22)/p+1/t8-/m0/s1. The third kappa shape index (κ3) is 4.43. The van der Waals surface area contributed by atoms with E-state index in [1.807, 2.05) is 13.0 Å². The van der Waals surface area contributed by atoms with Crippen molar-refractivity contribution >= 4 is 45.4 Å². The first-order valence-electron chi connectivity index (χ1n) is 6.67. The zero-order valence-corrected chi connectivity index (χ0v) is 14.4. The Kier molecular flexibility index (Phi) is 5.97. The van der Waals surface area contributed by atoms with Crippen molar-refractivity contribution in [2.45, 2.75) is 13.0 Å². The Morgan fingerprint density at radius 1 is 1.48 bits per heavy atom. The number of carbonyl (C=O) groups is 1. The number of carbonyl (C=O) groups excluding carboxylic acids is 1. The number of nitrogens with two attached hydrogens (primary N) is 1. The number of anilines is 1. The van der Waals surface area contributed by atoms with Gasteiger partial charge in [0.25, 0.3) is 5.91 Å². The Balaban J connectivity index is 1.97. The molecule has 0 bridgehead atoms. The monoisotopic (exact) mass is 372 g/mol. The van der Waals surface area contributed by atoms with Crippen molar-refractivity contribution in [3.05, 3.63) is 50.6 Å². The van der Waals surface area contributed by atoms with Crippen LogP contribution < -0.4 is 10.6 Å². The number of nitriles is 1. The predicted octanol–water partition coefficient (Wildman–Crippen LogP) is 3.33. The maximum Gasteiger partial charge on any atom is 0.280 e. The summed E-state index contributed by atoms with van der Waals surface area (Å²) in [6.45, 7) is 1.93. The molecular formula is C15H13Cl2FN3OS+. The van der Waals surface area contributed by atoms with E-state index in [-0.39, 0.29) is 23.5 Å². The molecule has 0 aliphatic carbocycles. The van der Waals surface area contributed by atoms with E-state index in [1.54, 1.807) is 16.8 Å². The van der Waals surface area contributed by atoms with Gasteiger partial charge in [0.05, 0.1) is 15.6 Å². The lowest BCUT2D eigenvalue weighted by Gasteiger charge is -2.13. The summed E-state index contributed by atoms with van der Waals surface area (Å²) in [7, 11) is 0.